The van der Waals surface area contributed by atoms with Gasteiger partial charge in [0.15, 0.2) is 0 Å². The zero-order chi connectivity index (χ0) is 13.8. The molecule has 0 amide bonds. The molecule has 1 aliphatic heterocycles. The number of benzene rings is 1. The zero-order valence-corrected chi connectivity index (χ0v) is 12.1. The van der Waals surface area contributed by atoms with Crippen LogP contribution in [0.3, 0.4) is 0 Å². The van der Waals surface area contributed by atoms with Crippen molar-refractivity contribution in [2.24, 2.45) is 0 Å². The lowest BCUT2D eigenvalue weighted by Crippen LogP contribution is -2.50. The van der Waals surface area contributed by atoms with Gasteiger partial charge in [-0.15, -0.1) is 0 Å². The summed E-state index contributed by atoms with van der Waals surface area (Å²) in [4.78, 5) is 4.46. The van der Waals surface area contributed by atoms with Crippen molar-refractivity contribution >= 4 is 5.69 Å². The first kappa shape index (κ1) is 14.3. The molecule has 0 bridgehead atoms. The van der Waals surface area contributed by atoms with E-state index in [4.69, 9.17) is 0 Å². The first-order valence-corrected chi connectivity index (χ1v) is 7.06. The van der Waals surface area contributed by atoms with Gasteiger partial charge in [-0.1, -0.05) is 13.0 Å². The molecule has 1 unspecified atom stereocenters. The van der Waals surface area contributed by atoms with E-state index in [0.717, 1.165) is 44.0 Å². The minimum atomic E-state index is -0.105. The fraction of sp³-hybridized carbons (Fsp3) is 0.600. The highest BCUT2D eigenvalue weighted by molar-refractivity contribution is 5.50. The average Bonchev–Trinajstić information content (AvgIpc) is 2.37. The molecule has 1 heterocycles. The third-order valence-corrected chi connectivity index (χ3v) is 3.73. The number of piperazine rings is 1. The van der Waals surface area contributed by atoms with E-state index < -0.39 is 0 Å². The molecule has 4 heteroatoms. The lowest BCUT2D eigenvalue weighted by molar-refractivity contribution is 0.274. The second kappa shape index (κ2) is 6.35. The van der Waals surface area contributed by atoms with E-state index in [1.807, 2.05) is 12.1 Å². The van der Waals surface area contributed by atoms with Crippen molar-refractivity contribution in [1.82, 2.24) is 10.2 Å². The third kappa shape index (κ3) is 3.45. The molecule has 0 spiro atoms. The Balaban J connectivity index is 2.12. The average molecular weight is 265 g/mol. The Morgan fingerprint density at radius 3 is 2.79 bits per heavy atom. The number of hydrogen-bond acceptors (Lipinski definition) is 3. The monoisotopic (exact) mass is 265 g/mol. The van der Waals surface area contributed by atoms with Gasteiger partial charge in [-0.05, 0) is 38.2 Å². The number of halogens is 1. The summed E-state index contributed by atoms with van der Waals surface area (Å²) in [5, 5.41) is 3.22. The molecule has 1 aromatic rings. The molecule has 1 fully saturated rings. The van der Waals surface area contributed by atoms with Crippen LogP contribution < -0.4 is 10.2 Å². The van der Waals surface area contributed by atoms with E-state index >= 15 is 0 Å². The highest BCUT2D eigenvalue weighted by atomic mass is 19.1. The van der Waals surface area contributed by atoms with E-state index in [1.165, 1.54) is 0 Å². The standard InChI is InChI=1S/C15H24FN3/c1-4-17-10-13-5-6-15(14(16)9-13)19-8-7-18(3)11-12(19)2/h5-6,9,12,17H,4,7-8,10-11H2,1-3H3. The molecule has 0 radical (unpaired) electrons. The maximum absolute atomic E-state index is 14.2. The summed E-state index contributed by atoms with van der Waals surface area (Å²) in [6.45, 7) is 8.70. The first-order chi connectivity index (χ1) is 9.11. The summed E-state index contributed by atoms with van der Waals surface area (Å²) in [5.74, 6) is -0.105. The van der Waals surface area contributed by atoms with Crippen molar-refractivity contribution in [3.63, 3.8) is 0 Å². The fourth-order valence-electron chi connectivity index (χ4n) is 2.66. The van der Waals surface area contributed by atoms with Crippen LogP contribution in [0.4, 0.5) is 10.1 Å². The van der Waals surface area contributed by atoms with Gasteiger partial charge >= 0.3 is 0 Å². The van der Waals surface area contributed by atoms with E-state index in [-0.39, 0.29) is 5.82 Å². The van der Waals surface area contributed by atoms with Crippen molar-refractivity contribution in [2.45, 2.75) is 26.4 Å². The predicted octanol–water partition coefficient (Wildman–Crippen LogP) is 2.08. The van der Waals surface area contributed by atoms with Gasteiger partial charge in [0.2, 0.25) is 0 Å². The smallest absolute Gasteiger partial charge is 0.146 e. The zero-order valence-electron chi connectivity index (χ0n) is 12.1. The number of likely N-dealkylation sites (N-methyl/N-ethyl adjacent to an activating group) is 1. The predicted molar refractivity (Wildman–Crippen MR) is 78.1 cm³/mol. The third-order valence-electron chi connectivity index (χ3n) is 3.73. The molecular weight excluding hydrogens is 241 g/mol. The van der Waals surface area contributed by atoms with Gasteiger partial charge < -0.3 is 15.1 Å². The summed E-state index contributed by atoms with van der Waals surface area (Å²) >= 11 is 0. The van der Waals surface area contributed by atoms with Crippen LogP contribution in [0.15, 0.2) is 18.2 Å². The Kier molecular flexibility index (Phi) is 4.77. The van der Waals surface area contributed by atoms with Crippen molar-refractivity contribution in [3.05, 3.63) is 29.6 Å². The van der Waals surface area contributed by atoms with Crippen molar-refractivity contribution in [2.75, 3.05) is 38.1 Å². The normalized spacial score (nSPS) is 20.8. The molecular formula is C15H24FN3. The summed E-state index contributed by atoms with van der Waals surface area (Å²) in [5.41, 5.74) is 1.74. The van der Waals surface area contributed by atoms with E-state index in [0.29, 0.717) is 6.04 Å². The molecule has 0 saturated carbocycles. The molecule has 3 nitrogen and oxygen atoms in total. The van der Waals surface area contributed by atoms with Crippen LogP contribution in [0.1, 0.15) is 19.4 Å². The Morgan fingerprint density at radius 1 is 1.37 bits per heavy atom. The Hall–Kier alpha value is -1.13. The van der Waals surface area contributed by atoms with E-state index in [2.05, 4.69) is 36.0 Å². The molecule has 0 aromatic heterocycles. The SMILES string of the molecule is CCNCc1ccc(N2CCN(C)CC2C)c(F)c1. The second-order valence-corrected chi connectivity index (χ2v) is 5.37. The van der Waals surface area contributed by atoms with Gasteiger partial charge in [-0.2, -0.15) is 0 Å². The van der Waals surface area contributed by atoms with Crippen LogP contribution in [-0.2, 0) is 6.54 Å². The maximum atomic E-state index is 14.2. The lowest BCUT2D eigenvalue weighted by Gasteiger charge is -2.40. The Bertz CT molecular complexity index is 422. The maximum Gasteiger partial charge on any atom is 0.146 e. The fourth-order valence-corrected chi connectivity index (χ4v) is 2.66. The van der Waals surface area contributed by atoms with Crippen LogP contribution >= 0.6 is 0 Å². The largest absolute Gasteiger partial charge is 0.364 e. The molecule has 1 aromatic carbocycles. The number of nitrogens with one attached hydrogen (secondary N) is 1. The summed E-state index contributed by atoms with van der Waals surface area (Å²) in [6, 6.07) is 5.95. The number of hydrogen-bond donors (Lipinski definition) is 1. The molecule has 1 N–H and O–H groups in total. The summed E-state index contributed by atoms with van der Waals surface area (Å²) in [6.07, 6.45) is 0. The summed E-state index contributed by atoms with van der Waals surface area (Å²) in [7, 11) is 2.11. The highest BCUT2D eigenvalue weighted by Gasteiger charge is 2.23. The molecule has 1 saturated heterocycles. The van der Waals surface area contributed by atoms with Gasteiger partial charge in [0.1, 0.15) is 5.82 Å². The number of nitrogens with zero attached hydrogens (tertiary/aromatic N) is 2. The molecule has 2 rings (SSSR count). The van der Waals surface area contributed by atoms with Crippen LogP contribution in [0.25, 0.3) is 0 Å². The van der Waals surface area contributed by atoms with Crippen molar-refractivity contribution in [3.8, 4) is 0 Å². The van der Waals surface area contributed by atoms with Crippen LogP contribution in [0.2, 0.25) is 0 Å². The minimum absolute atomic E-state index is 0.105. The van der Waals surface area contributed by atoms with Crippen molar-refractivity contribution < 1.29 is 4.39 Å². The second-order valence-electron chi connectivity index (χ2n) is 5.37. The Labute approximate surface area is 115 Å². The Morgan fingerprint density at radius 2 is 2.16 bits per heavy atom. The summed E-state index contributed by atoms with van der Waals surface area (Å²) < 4.78 is 14.2. The highest BCUT2D eigenvalue weighted by Crippen LogP contribution is 2.24. The first-order valence-electron chi connectivity index (χ1n) is 7.06. The molecule has 1 aliphatic rings. The van der Waals surface area contributed by atoms with Gasteiger partial charge in [-0.3, -0.25) is 0 Å². The van der Waals surface area contributed by atoms with Gasteiger partial charge in [-0.25, -0.2) is 4.39 Å². The van der Waals surface area contributed by atoms with Crippen LogP contribution in [0, 0.1) is 5.82 Å². The topological polar surface area (TPSA) is 18.5 Å². The van der Waals surface area contributed by atoms with E-state index in [9.17, 15) is 4.39 Å². The van der Waals surface area contributed by atoms with Crippen LogP contribution in [0.5, 0.6) is 0 Å². The lowest BCUT2D eigenvalue weighted by atomic mass is 10.1. The van der Waals surface area contributed by atoms with E-state index in [1.54, 1.807) is 6.07 Å². The van der Waals surface area contributed by atoms with Gasteiger partial charge in [0, 0.05) is 32.2 Å². The van der Waals surface area contributed by atoms with Gasteiger partial charge in [0.05, 0.1) is 5.69 Å². The minimum Gasteiger partial charge on any atom is -0.364 e. The molecule has 0 aliphatic carbocycles. The van der Waals surface area contributed by atoms with Crippen molar-refractivity contribution in [1.29, 1.82) is 0 Å². The number of anilines is 1. The number of rotatable bonds is 4. The van der Waals surface area contributed by atoms with Crippen LogP contribution in [-0.4, -0.2) is 44.2 Å². The molecule has 106 valence electrons. The quantitative estimate of drug-likeness (QED) is 0.899. The van der Waals surface area contributed by atoms with Gasteiger partial charge in [0.25, 0.3) is 0 Å². The molecule has 19 heavy (non-hydrogen) atoms. The molecule has 1 atom stereocenters.